The first kappa shape index (κ1) is 18.1. The molecule has 0 radical (unpaired) electrons. The van der Waals surface area contributed by atoms with Gasteiger partial charge in [0.05, 0.1) is 5.52 Å². The van der Waals surface area contributed by atoms with Gasteiger partial charge in [-0.15, -0.1) is 0 Å². The summed E-state index contributed by atoms with van der Waals surface area (Å²) in [5.74, 6) is 0.675. The molecule has 0 spiro atoms. The second kappa shape index (κ2) is 6.40. The summed E-state index contributed by atoms with van der Waals surface area (Å²) in [4.78, 5) is 9.03. The van der Waals surface area contributed by atoms with Crippen LogP contribution in [0.5, 0.6) is 0 Å². The summed E-state index contributed by atoms with van der Waals surface area (Å²) in [7, 11) is -1.83. The Morgan fingerprint density at radius 2 is 1.93 bits per heavy atom. The molecule has 1 saturated heterocycles. The second-order valence-electron chi connectivity index (χ2n) is 7.23. The Kier molecular flexibility index (Phi) is 4.29. The van der Waals surface area contributed by atoms with E-state index in [4.69, 9.17) is 5.73 Å². The molecule has 2 atom stereocenters. The number of nitrogens with two attached hydrogens (primary N) is 1. The van der Waals surface area contributed by atoms with E-state index in [0.717, 1.165) is 16.8 Å². The van der Waals surface area contributed by atoms with E-state index in [0.29, 0.717) is 17.6 Å². The molecule has 0 aliphatic carbocycles. The third-order valence-corrected chi connectivity index (χ3v) is 7.37. The summed E-state index contributed by atoms with van der Waals surface area (Å²) in [6, 6.07) is 5.33. The van der Waals surface area contributed by atoms with Crippen molar-refractivity contribution in [3.05, 3.63) is 53.7 Å². The monoisotopic (exact) mass is 385 g/mol. The maximum Gasteiger partial charge on any atom is 0.245 e. The molecule has 1 aliphatic rings. The molecule has 0 saturated carbocycles. The number of hydrogen-bond acceptors (Lipinski definition) is 5. The van der Waals surface area contributed by atoms with Crippen molar-refractivity contribution < 1.29 is 8.42 Å². The number of aryl methyl sites for hydroxylation is 3. The standard InChI is InChI=1S/C19H23N5O2S/c1-12-9-13(2)18(17-14(12)5-4-6-21-17)27(25,26)24-10-15(16(20)11-24)19-22-7-8-23(19)3/h4-9,15-16H,10-11,20H2,1-3H3/t15-,16-/m1/s1. The first-order valence-corrected chi connectivity index (χ1v) is 10.3. The topological polar surface area (TPSA) is 94.1 Å². The van der Waals surface area contributed by atoms with Crippen LogP contribution in [0.1, 0.15) is 22.9 Å². The number of fused-ring (bicyclic) bond motifs is 1. The van der Waals surface area contributed by atoms with Crippen LogP contribution in [0.3, 0.4) is 0 Å². The summed E-state index contributed by atoms with van der Waals surface area (Å²) in [5.41, 5.74) is 8.54. The van der Waals surface area contributed by atoms with E-state index < -0.39 is 10.0 Å². The Hall–Kier alpha value is -2.29. The molecular formula is C19H23N5O2S. The molecule has 3 aromatic rings. The predicted octanol–water partition coefficient (Wildman–Crippen LogP) is 1.70. The lowest BCUT2D eigenvalue weighted by atomic mass is 10.0. The first-order chi connectivity index (χ1) is 12.8. The summed E-state index contributed by atoms with van der Waals surface area (Å²) in [6.45, 7) is 4.37. The first-order valence-electron chi connectivity index (χ1n) is 8.88. The molecule has 7 nitrogen and oxygen atoms in total. The molecule has 3 heterocycles. The van der Waals surface area contributed by atoms with Crippen molar-refractivity contribution in [2.75, 3.05) is 13.1 Å². The lowest BCUT2D eigenvalue weighted by Crippen LogP contribution is -2.33. The highest BCUT2D eigenvalue weighted by Gasteiger charge is 2.41. The van der Waals surface area contributed by atoms with E-state index in [9.17, 15) is 8.42 Å². The number of imidazole rings is 1. The van der Waals surface area contributed by atoms with E-state index in [1.54, 1.807) is 12.4 Å². The van der Waals surface area contributed by atoms with Crippen LogP contribution in [0.25, 0.3) is 10.9 Å². The lowest BCUT2D eigenvalue weighted by Gasteiger charge is -2.19. The van der Waals surface area contributed by atoms with Gasteiger partial charge < -0.3 is 10.3 Å². The molecule has 142 valence electrons. The Bertz CT molecular complexity index is 1120. The van der Waals surface area contributed by atoms with Gasteiger partial charge >= 0.3 is 0 Å². The molecule has 27 heavy (non-hydrogen) atoms. The maximum atomic E-state index is 13.5. The van der Waals surface area contributed by atoms with Crippen molar-refractivity contribution in [1.29, 1.82) is 0 Å². The molecule has 2 aromatic heterocycles. The van der Waals surface area contributed by atoms with E-state index in [-0.39, 0.29) is 23.4 Å². The molecular weight excluding hydrogens is 362 g/mol. The SMILES string of the molecule is Cc1cc(C)c2cccnc2c1S(=O)(=O)N1C[C@@H](N)[C@H](c2nccn2C)C1. The Morgan fingerprint density at radius 1 is 1.15 bits per heavy atom. The Morgan fingerprint density at radius 3 is 2.63 bits per heavy atom. The van der Waals surface area contributed by atoms with Gasteiger partial charge in [0.25, 0.3) is 0 Å². The smallest absolute Gasteiger partial charge is 0.245 e. The lowest BCUT2D eigenvalue weighted by molar-refractivity contribution is 0.468. The summed E-state index contributed by atoms with van der Waals surface area (Å²) < 4.78 is 30.4. The van der Waals surface area contributed by atoms with E-state index in [2.05, 4.69) is 9.97 Å². The fourth-order valence-corrected chi connectivity index (χ4v) is 5.87. The minimum Gasteiger partial charge on any atom is -0.338 e. The minimum absolute atomic E-state index is 0.134. The molecule has 1 aliphatic heterocycles. The van der Waals surface area contributed by atoms with Gasteiger partial charge in [-0.1, -0.05) is 12.1 Å². The third kappa shape index (κ3) is 2.84. The highest BCUT2D eigenvalue weighted by Crippen LogP contribution is 2.34. The van der Waals surface area contributed by atoms with Crippen molar-refractivity contribution in [2.45, 2.75) is 30.7 Å². The van der Waals surface area contributed by atoms with Gasteiger partial charge in [0.15, 0.2) is 0 Å². The van der Waals surface area contributed by atoms with Gasteiger partial charge in [-0.3, -0.25) is 4.98 Å². The molecule has 0 amide bonds. The quantitative estimate of drug-likeness (QED) is 0.741. The average molecular weight is 385 g/mol. The number of rotatable bonds is 3. The van der Waals surface area contributed by atoms with Crippen LogP contribution < -0.4 is 5.73 Å². The van der Waals surface area contributed by atoms with Crippen molar-refractivity contribution >= 4 is 20.9 Å². The van der Waals surface area contributed by atoms with Crippen molar-refractivity contribution in [3.63, 3.8) is 0 Å². The van der Waals surface area contributed by atoms with E-state index in [1.807, 2.05) is 49.9 Å². The Labute approximate surface area is 158 Å². The van der Waals surface area contributed by atoms with Gasteiger partial charge in [0.2, 0.25) is 10.0 Å². The zero-order valence-electron chi connectivity index (χ0n) is 15.6. The van der Waals surface area contributed by atoms with Crippen molar-refractivity contribution in [1.82, 2.24) is 18.8 Å². The van der Waals surface area contributed by atoms with Crippen LogP contribution in [-0.4, -0.2) is 46.4 Å². The van der Waals surface area contributed by atoms with Crippen LogP contribution in [0.2, 0.25) is 0 Å². The number of sulfonamides is 1. The van der Waals surface area contributed by atoms with Gasteiger partial charge in [0.1, 0.15) is 10.7 Å². The highest BCUT2D eigenvalue weighted by molar-refractivity contribution is 7.89. The minimum atomic E-state index is -3.73. The molecule has 8 heteroatoms. The predicted molar refractivity (Wildman–Crippen MR) is 104 cm³/mol. The van der Waals surface area contributed by atoms with Crippen LogP contribution >= 0.6 is 0 Å². The molecule has 4 rings (SSSR count). The molecule has 2 N–H and O–H groups in total. The van der Waals surface area contributed by atoms with E-state index in [1.165, 1.54) is 4.31 Å². The maximum absolute atomic E-state index is 13.5. The van der Waals surface area contributed by atoms with Gasteiger partial charge in [-0.2, -0.15) is 4.31 Å². The zero-order valence-corrected chi connectivity index (χ0v) is 16.4. The fourth-order valence-electron chi connectivity index (χ4n) is 4.01. The second-order valence-corrected chi connectivity index (χ2v) is 9.10. The van der Waals surface area contributed by atoms with Crippen molar-refractivity contribution in [3.8, 4) is 0 Å². The van der Waals surface area contributed by atoms with Crippen LogP contribution in [0.15, 0.2) is 41.7 Å². The van der Waals surface area contributed by atoms with Crippen LogP contribution in [0.4, 0.5) is 0 Å². The molecule has 0 unspecified atom stereocenters. The molecule has 1 aromatic carbocycles. The molecule has 1 fully saturated rings. The fraction of sp³-hybridized carbons (Fsp3) is 0.368. The van der Waals surface area contributed by atoms with Gasteiger partial charge in [-0.05, 0) is 31.0 Å². The largest absolute Gasteiger partial charge is 0.338 e. The number of benzene rings is 1. The Balaban J connectivity index is 1.79. The van der Waals surface area contributed by atoms with Gasteiger partial charge in [0, 0.05) is 56.1 Å². The molecule has 0 bridgehead atoms. The number of hydrogen-bond donors (Lipinski definition) is 1. The number of aromatic nitrogens is 3. The van der Waals surface area contributed by atoms with Crippen molar-refractivity contribution in [2.24, 2.45) is 12.8 Å². The number of nitrogens with zero attached hydrogens (tertiary/aromatic N) is 4. The normalized spacial score (nSPS) is 21.2. The summed E-state index contributed by atoms with van der Waals surface area (Å²) in [5, 5.41) is 0.853. The number of pyridine rings is 1. The third-order valence-electron chi connectivity index (χ3n) is 5.36. The van der Waals surface area contributed by atoms with Gasteiger partial charge in [-0.25, -0.2) is 13.4 Å². The average Bonchev–Trinajstić information content (AvgIpc) is 3.20. The van der Waals surface area contributed by atoms with Crippen LogP contribution in [0, 0.1) is 13.8 Å². The highest BCUT2D eigenvalue weighted by atomic mass is 32.2. The van der Waals surface area contributed by atoms with E-state index >= 15 is 0 Å². The summed E-state index contributed by atoms with van der Waals surface area (Å²) >= 11 is 0. The summed E-state index contributed by atoms with van der Waals surface area (Å²) in [6.07, 6.45) is 5.19. The zero-order chi connectivity index (χ0) is 19.3. The van der Waals surface area contributed by atoms with Crippen LogP contribution in [-0.2, 0) is 17.1 Å².